The standard InChI is InChI=1S/C24H23N3O4/c1-29-17-11-7-15(8-12-17)22-25-23(16-9-13-18(30-2)14-10-16)27-24(26-22)19-5-4-6-20(31-3)21(19)28/h4-14,24,28H,1-3H3,(H,25,26,27). The lowest BCUT2D eigenvalue weighted by Gasteiger charge is -2.23. The predicted octanol–water partition coefficient (Wildman–Crippen LogP) is 3.91. The van der Waals surface area contributed by atoms with E-state index in [1.807, 2.05) is 48.5 Å². The fourth-order valence-corrected chi connectivity index (χ4v) is 3.29. The molecule has 1 aliphatic rings. The van der Waals surface area contributed by atoms with Crippen molar-refractivity contribution in [3.63, 3.8) is 0 Å². The smallest absolute Gasteiger partial charge is 0.173 e. The Balaban J connectivity index is 1.79. The molecule has 0 bridgehead atoms. The number of aliphatic imine (C=N–C) groups is 2. The molecule has 0 radical (unpaired) electrons. The van der Waals surface area contributed by atoms with E-state index in [0.29, 0.717) is 23.0 Å². The molecule has 7 nitrogen and oxygen atoms in total. The number of aromatic hydroxyl groups is 1. The summed E-state index contributed by atoms with van der Waals surface area (Å²) in [5, 5.41) is 14.0. The van der Waals surface area contributed by atoms with Gasteiger partial charge >= 0.3 is 0 Å². The number of ether oxygens (including phenoxy) is 3. The first-order chi connectivity index (χ1) is 15.1. The van der Waals surface area contributed by atoms with Gasteiger partial charge in [-0.25, -0.2) is 9.98 Å². The van der Waals surface area contributed by atoms with E-state index in [2.05, 4.69) is 5.32 Å². The van der Waals surface area contributed by atoms with Gasteiger partial charge in [0.05, 0.1) is 21.3 Å². The van der Waals surface area contributed by atoms with Gasteiger partial charge < -0.3 is 24.6 Å². The summed E-state index contributed by atoms with van der Waals surface area (Å²) in [6.07, 6.45) is -0.648. The number of benzene rings is 3. The lowest BCUT2D eigenvalue weighted by Crippen LogP contribution is -2.36. The molecule has 31 heavy (non-hydrogen) atoms. The van der Waals surface area contributed by atoms with Crippen LogP contribution in [0.25, 0.3) is 0 Å². The molecule has 0 saturated heterocycles. The van der Waals surface area contributed by atoms with Crippen molar-refractivity contribution in [1.29, 1.82) is 0 Å². The minimum Gasteiger partial charge on any atom is -0.504 e. The molecule has 0 unspecified atom stereocenters. The summed E-state index contributed by atoms with van der Waals surface area (Å²) in [4.78, 5) is 9.52. The van der Waals surface area contributed by atoms with Gasteiger partial charge in [0.15, 0.2) is 17.7 Å². The number of nitrogens with one attached hydrogen (secondary N) is 1. The van der Waals surface area contributed by atoms with Crippen LogP contribution in [0.4, 0.5) is 0 Å². The normalized spacial score (nSPS) is 13.6. The molecule has 3 aromatic rings. The number of phenolic OH excluding ortho intramolecular Hbond substituents is 1. The number of para-hydroxylation sites is 1. The van der Waals surface area contributed by atoms with Crippen molar-refractivity contribution in [1.82, 2.24) is 5.32 Å². The molecule has 0 amide bonds. The molecule has 0 spiro atoms. The van der Waals surface area contributed by atoms with Crippen molar-refractivity contribution in [2.45, 2.75) is 6.17 Å². The zero-order valence-corrected chi connectivity index (χ0v) is 17.5. The van der Waals surface area contributed by atoms with Gasteiger partial charge in [-0.15, -0.1) is 0 Å². The van der Waals surface area contributed by atoms with Gasteiger partial charge in [0, 0.05) is 16.7 Å². The summed E-state index contributed by atoms with van der Waals surface area (Å²) >= 11 is 0. The van der Waals surface area contributed by atoms with Crippen LogP contribution in [-0.4, -0.2) is 38.1 Å². The van der Waals surface area contributed by atoms with Crippen LogP contribution in [0.5, 0.6) is 23.0 Å². The number of phenols is 1. The van der Waals surface area contributed by atoms with Crippen molar-refractivity contribution >= 4 is 11.7 Å². The first kappa shape index (κ1) is 20.3. The van der Waals surface area contributed by atoms with Gasteiger partial charge in [0.1, 0.15) is 23.2 Å². The Morgan fingerprint density at radius 2 is 1.23 bits per heavy atom. The zero-order chi connectivity index (χ0) is 21.8. The maximum atomic E-state index is 10.7. The zero-order valence-electron chi connectivity index (χ0n) is 17.5. The van der Waals surface area contributed by atoms with E-state index in [4.69, 9.17) is 24.2 Å². The third-order valence-corrected chi connectivity index (χ3v) is 4.99. The third kappa shape index (κ3) is 4.16. The number of hydrogen-bond acceptors (Lipinski definition) is 7. The Kier molecular flexibility index (Phi) is 5.75. The summed E-state index contributed by atoms with van der Waals surface area (Å²) in [7, 11) is 4.77. The maximum Gasteiger partial charge on any atom is 0.173 e. The van der Waals surface area contributed by atoms with E-state index in [1.165, 1.54) is 7.11 Å². The summed E-state index contributed by atoms with van der Waals surface area (Å²) < 4.78 is 15.8. The average Bonchev–Trinajstić information content (AvgIpc) is 2.84. The molecule has 1 heterocycles. The molecule has 0 aromatic heterocycles. The summed E-state index contributed by atoms with van der Waals surface area (Å²) in [5.41, 5.74) is 2.29. The summed E-state index contributed by atoms with van der Waals surface area (Å²) in [5.74, 6) is 3.18. The summed E-state index contributed by atoms with van der Waals surface area (Å²) in [6, 6.07) is 20.5. The second-order valence-electron chi connectivity index (χ2n) is 6.81. The molecule has 3 aromatic carbocycles. The monoisotopic (exact) mass is 417 g/mol. The van der Waals surface area contributed by atoms with E-state index >= 15 is 0 Å². The fraction of sp³-hybridized carbons (Fsp3) is 0.167. The molecule has 0 fully saturated rings. The van der Waals surface area contributed by atoms with Crippen LogP contribution in [0, 0.1) is 0 Å². The van der Waals surface area contributed by atoms with Gasteiger partial charge in [0.25, 0.3) is 0 Å². The molecule has 1 aliphatic heterocycles. The average molecular weight is 417 g/mol. The third-order valence-electron chi connectivity index (χ3n) is 4.99. The van der Waals surface area contributed by atoms with Crippen LogP contribution < -0.4 is 19.5 Å². The SMILES string of the molecule is COc1ccc(C2=NC(c3cccc(OC)c3O)N=C(c3ccc(OC)cc3)N2)cc1. The molecule has 0 aliphatic carbocycles. The highest BCUT2D eigenvalue weighted by Crippen LogP contribution is 2.37. The largest absolute Gasteiger partial charge is 0.504 e. The van der Waals surface area contributed by atoms with Gasteiger partial charge in [0.2, 0.25) is 0 Å². The Morgan fingerprint density at radius 1 is 0.710 bits per heavy atom. The summed E-state index contributed by atoms with van der Waals surface area (Å²) in [6.45, 7) is 0. The minimum absolute atomic E-state index is 0.0209. The first-order valence-corrected chi connectivity index (χ1v) is 9.70. The Hall–Kier alpha value is -4.00. The topological polar surface area (TPSA) is 84.7 Å². The lowest BCUT2D eigenvalue weighted by molar-refractivity contribution is 0.369. The lowest BCUT2D eigenvalue weighted by atomic mass is 10.1. The van der Waals surface area contributed by atoms with Crippen LogP contribution in [0.15, 0.2) is 76.7 Å². The molecule has 7 heteroatoms. The van der Waals surface area contributed by atoms with Gasteiger partial charge in [-0.05, 0) is 54.6 Å². The van der Waals surface area contributed by atoms with E-state index in [0.717, 1.165) is 22.6 Å². The van der Waals surface area contributed by atoms with E-state index < -0.39 is 6.17 Å². The van der Waals surface area contributed by atoms with E-state index in [-0.39, 0.29) is 5.75 Å². The second kappa shape index (κ2) is 8.79. The van der Waals surface area contributed by atoms with Crippen molar-refractivity contribution in [3.8, 4) is 23.0 Å². The van der Waals surface area contributed by atoms with Gasteiger partial charge in [-0.1, -0.05) is 12.1 Å². The molecular weight excluding hydrogens is 394 g/mol. The van der Waals surface area contributed by atoms with Gasteiger partial charge in [-0.3, -0.25) is 0 Å². The van der Waals surface area contributed by atoms with Crippen molar-refractivity contribution < 1.29 is 19.3 Å². The molecule has 0 saturated carbocycles. The Bertz CT molecular complexity index is 1060. The number of nitrogens with zero attached hydrogens (tertiary/aromatic N) is 2. The predicted molar refractivity (Wildman–Crippen MR) is 120 cm³/mol. The number of rotatable bonds is 6. The van der Waals surface area contributed by atoms with Crippen molar-refractivity contribution in [2.75, 3.05) is 21.3 Å². The second-order valence-corrected chi connectivity index (χ2v) is 6.81. The Morgan fingerprint density at radius 3 is 1.68 bits per heavy atom. The first-order valence-electron chi connectivity index (χ1n) is 9.70. The molecule has 158 valence electrons. The fourth-order valence-electron chi connectivity index (χ4n) is 3.29. The van der Waals surface area contributed by atoms with Crippen molar-refractivity contribution in [3.05, 3.63) is 83.4 Å². The maximum absolute atomic E-state index is 10.7. The number of amidine groups is 2. The number of hydrogen-bond donors (Lipinski definition) is 2. The quantitative estimate of drug-likeness (QED) is 0.635. The Labute approximate surface area is 180 Å². The van der Waals surface area contributed by atoms with E-state index in [9.17, 15) is 5.11 Å². The van der Waals surface area contributed by atoms with Crippen LogP contribution in [0.2, 0.25) is 0 Å². The van der Waals surface area contributed by atoms with Gasteiger partial charge in [-0.2, -0.15) is 0 Å². The number of methoxy groups -OCH3 is 3. The highest BCUT2D eigenvalue weighted by Gasteiger charge is 2.24. The van der Waals surface area contributed by atoms with E-state index in [1.54, 1.807) is 32.4 Å². The molecular formula is C24H23N3O4. The van der Waals surface area contributed by atoms with Crippen LogP contribution in [0.1, 0.15) is 22.9 Å². The molecule has 4 rings (SSSR count). The van der Waals surface area contributed by atoms with Crippen LogP contribution >= 0.6 is 0 Å². The minimum atomic E-state index is -0.648. The van der Waals surface area contributed by atoms with Crippen molar-refractivity contribution in [2.24, 2.45) is 9.98 Å². The molecule has 2 N–H and O–H groups in total. The highest BCUT2D eigenvalue weighted by atomic mass is 16.5. The molecule has 0 atom stereocenters. The van der Waals surface area contributed by atoms with Crippen LogP contribution in [0.3, 0.4) is 0 Å². The highest BCUT2D eigenvalue weighted by molar-refractivity contribution is 6.15. The van der Waals surface area contributed by atoms with Crippen LogP contribution in [-0.2, 0) is 0 Å².